The van der Waals surface area contributed by atoms with Gasteiger partial charge in [-0.3, -0.25) is 4.79 Å². The lowest BCUT2D eigenvalue weighted by atomic mass is 10.2. The maximum Gasteiger partial charge on any atom is 0.255 e. The number of furan rings is 1. The molecular formula is C15H17NO3. The molecule has 1 N–H and O–H groups in total. The molecule has 100 valence electrons. The summed E-state index contributed by atoms with van der Waals surface area (Å²) in [6.45, 7) is 4.03. The molecule has 0 radical (unpaired) electrons. The van der Waals surface area contributed by atoms with Crippen molar-refractivity contribution in [2.24, 2.45) is 0 Å². The highest BCUT2D eigenvalue weighted by Gasteiger charge is 2.13. The second kappa shape index (κ2) is 5.61. The highest BCUT2D eigenvalue weighted by atomic mass is 16.5. The van der Waals surface area contributed by atoms with Gasteiger partial charge in [0.05, 0.1) is 12.7 Å². The van der Waals surface area contributed by atoms with Crippen LogP contribution in [0, 0.1) is 13.8 Å². The summed E-state index contributed by atoms with van der Waals surface area (Å²) in [6.07, 6.45) is 0. The van der Waals surface area contributed by atoms with Gasteiger partial charge in [-0.15, -0.1) is 0 Å². The van der Waals surface area contributed by atoms with Crippen molar-refractivity contribution in [3.05, 3.63) is 53.0 Å². The van der Waals surface area contributed by atoms with Gasteiger partial charge in [0.1, 0.15) is 17.3 Å². The first-order valence-corrected chi connectivity index (χ1v) is 6.09. The molecule has 0 aliphatic heterocycles. The van der Waals surface area contributed by atoms with Gasteiger partial charge in [-0.25, -0.2) is 0 Å². The van der Waals surface area contributed by atoms with Gasteiger partial charge in [0.2, 0.25) is 0 Å². The lowest BCUT2D eigenvalue weighted by Crippen LogP contribution is -2.23. The molecule has 0 saturated carbocycles. The predicted octanol–water partition coefficient (Wildman–Crippen LogP) is 2.84. The number of benzene rings is 1. The van der Waals surface area contributed by atoms with Gasteiger partial charge >= 0.3 is 0 Å². The molecule has 1 heterocycles. The summed E-state index contributed by atoms with van der Waals surface area (Å²) in [5, 5.41) is 2.87. The molecule has 0 spiro atoms. The van der Waals surface area contributed by atoms with E-state index >= 15 is 0 Å². The van der Waals surface area contributed by atoms with Crippen molar-refractivity contribution in [1.82, 2.24) is 5.32 Å². The zero-order valence-electron chi connectivity index (χ0n) is 11.3. The van der Waals surface area contributed by atoms with E-state index in [9.17, 15) is 4.79 Å². The molecule has 0 unspecified atom stereocenters. The van der Waals surface area contributed by atoms with Crippen LogP contribution in [0.25, 0.3) is 0 Å². The van der Waals surface area contributed by atoms with Gasteiger partial charge in [-0.2, -0.15) is 0 Å². The quantitative estimate of drug-likeness (QED) is 0.918. The molecule has 4 heteroatoms. The van der Waals surface area contributed by atoms with Crippen LogP contribution in [-0.2, 0) is 6.54 Å². The number of para-hydroxylation sites is 1. The molecule has 19 heavy (non-hydrogen) atoms. The SMILES string of the molecule is COc1ccccc1CNC(=O)c1cc(C)oc1C. The number of ether oxygens (including phenoxy) is 1. The molecule has 0 saturated heterocycles. The minimum absolute atomic E-state index is 0.139. The van der Waals surface area contributed by atoms with Crippen LogP contribution >= 0.6 is 0 Å². The Labute approximate surface area is 112 Å². The largest absolute Gasteiger partial charge is 0.496 e. The van der Waals surface area contributed by atoms with Crippen molar-refractivity contribution in [2.75, 3.05) is 7.11 Å². The summed E-state index contributed by atoms with van der Waals surface area (Å²) in [5.74, 6) is 2.00. The summed E-state index contributed by atoms with van der Waals surface area (Å²) >= 11 is 0. The monoisotopic (exact) mass is 259 g/mol. The summed E-state index contributed by atoms with van der Waals surface area (Å²) in [5.41, 5.74) is 1.52. The molecule has 0 aliphatic rings. The van der Waals surface area contributed by atoms with Crippen LogP contribution in [0.3, 0.4) is 0 Å². The molecule has 1 amide bonds. The highest BCUT2D eigenvalue weighted by Crippen LogP contribution is 2.18. The lowest BCUT2D eigenvalue weighted by molar-refractivity contribution is 0.0949. The Morgan fingerprint density at radius 3 is 2.68 bits per heavy atom. The third-order valence-corrected chi connectivity index (χ3v) is 2.92. The van der Waals surface area contributed by atoms with Crippen LogP contribution in [0.5, 0.6) is 5.75 Å². The van der Waals surface area contributed by atoms with E-state index < -0.39 is 0 Å². The standard InChI is InChI=1S/C15H17NO3/c1-10-8-13(11(2)19-10)15(17)16-9-12-6-4-5-7-14(12)18-3/h4-8H,9H2,1-3H3,(H,16,17). The van der Waals surface area contributed by atoms with Crippen LogP contribution in [0.4, 0.5) is 0 Å². The van der Waals surface area contributed by atoms with Crippen molar-refractivity contribution in [3.8, 4) is 5.75 Å². The minimum atomic E-state index is -0.139. The van der Waals surface area contributed by atoms with Crippen molar-refractivity contribution >= 4 is 5.91 Å². The van der Waals surface area contributed by atoms with Crippen LogP contribution in [0.2, 0.25) is 0 Å². The van der Waals surface area contributed by atoms with Gasteiger partial charge in [0.25, 0.3) is 5.91 Å². The number of hydrogen-bond donors (Lipinski definition) is 1. The number of carbonyl (C=O) groups excluding carboxylic acids is 1. The van der Waals surface area contributed by atoms with E-state index in [1.807, 2.05) is 31.2 Å². The molecule has 0 atom stereocenters. The lowest BCUT2D eigenvalue weighted by Gasteiger charge is -2.09. The average Bonchev–Trinajstić information content (AvgIpc) is 2.75. The average molecular weight is 259 g/mol. The molecule has 1 aromatic carbocycles. The second-order valence-corrected chi connectivity index (χ2v) is 4.32. The summed E-state index contributed by atoms with van der Waals surface area (Å²) in [6, 6.07) is 9.35. The number of aryl methyl sites for hydroxylation is 2. The summed E-state index contributed by atoms with van der Waals surface area (Å²) < 4.78 is 10.6. The Morgan fingerprint density at radius 2 is 2.05 bits per heavy atom. The van der Waals surface area contributed by atoms with Gasteiger partial charge in [0, 0.05) is 12.1 Å². The van der Waals surface area contributed by atoms with Gasteiger partial charge in [0.15, 0.2) is 0 Å². The zero-order valence-corrected chi connectivity index (χ0v) is 11.3. The first kappa shape index (κ1) is 13.2. The number of rotatable bonds is 4. The Hall–Kier alpha value is -2.23. The van der Waals surface area contributed by atoms with E-state index in [2.05, 4.69) is 5.32 Å². The molecule has 1 aromatic heterocycles. The van der Waals surface area contributed by atoms with E-state index in [0.717, 1.165) is 17.1 Å². The molecule has 4 nitrogen and oxygen atoms in total. The maximum absolute atomic E-state index is 12.0. The molecule has 0 fully saturated rings. The Bertz CT molecular complexity index is 587. The van der Waals surface area contributed by atoms with Crippen molar-refractivity contribution in [2.45, 2.75) is 20.4 Å². The van der Waals surface area contributed by atoms with Crippen LogP contribution in [0.15, 0.2) is 34.7 Å². The van der Waals surface area contributed by atoms with Crippen LogP contribution in [-0.4, -0.2) is 13.0 Å². The number of nitrogens with one attached hydrogen (secondary N) is 1. The smallest absolute Gasteiger partial charge is 0.255 e. The molecule has 2 rings (SSSR count). The van der Waals surface area contributed by atoms with E-state index in [1.54, 1.807) is 20.1 Å². The normalized spacial score (nSPS) is 10.3. The second-order valence-electron chi connectivity index (χ2n) is 4.32. The van der Waals surface area contributed by atoms with Crippen LogP contribution in [0.1, 0.15) is 27.4 Å². The van der Waals surface area contributed by atoms with Gasteiger partial charge in [-0.05, 0) is 26.0 Å². The molecule has 0 bridgehead atoms. The number of methoxy groups -OCH3 is 1. The van der Waals surface area contributed by atoms with Crippen molar-refractivity contribution in [1.29, 1.82) is 0 Å². The fourth-order valence-corrected chi connectivity index (χ4v) is 1.98. The first-order chi connectivity index (χ1) is 9.11. The molecule has 0 aliphatic carbocycles. The minimum Gasteiger partial charge on any atom is -0.496 e. The van der Waals surface area contributed by atoms with Gasteiger partial charge in [-0.1, -0.05) is 18.2 Å². The first-order valence-electron chi connectivity index (χ1n) is 6.09. The van der Waals surface area contributed by atoms with Gasteiger partial charge < -0.3 is 14.5 Å². The number of carbonyl (C=O) groups is 1. The van der Waals surface area contributed by atoms with E-state index in [0.29, 0.717) is 17.9 Å². The molecular weight excluding hydrogens is 242 g/mol. The Kier molecular flexibility index (Phi) is 3.90. The fraction of sp³-hybridized carbons (Fsp3) is 0.267. The maximum atomic E-state index is 12.0. The van der Waals surface area contributed by atoms with E-state index in [-0.39, 0.29) is 5.91 Å². The van der Waals surface area contributed by atoms with E-state index in [1.165, 1.54) is 0 Å². The predicted molar refractivity (Wildman–Crippen MR) is 72.3 cm³/mol. The highest BCUT2D eigenvalue weighted by molar-refractivity contribution is 5.95. The van der Waals surface area contributed by atoms with Crippen molar-refractivity contribution in [3.63, 3.8) is 0 Å². The van der Waals surface area contributed by atoms with Crippen molar-refractivity contribution < 1.29 is 13.9 Å². The molecule has 2 aromatic rings. The third kappa shape index (κ3) is 2.96. The zero-order chi connectivity index (χ0) is 13.8. The fourth-order valence-electron chi connectivity index (χ4n) is 1.98. The Balaban J connectivity index is 2.06. The third-order valence-electron chi connectivity index (χ3n) is 2.92. The van der Waals surface area contributed by atoms with E-state index in [4.69, 9.17) is 9.15 Å². The Morgan fingerprint density at radius 1 is 1.32 bits per heavy atom. The number of hydrogen-bond acceptors (Lipinski definition) is 3. The summed E-state index contributed by atoms with van der Waals surface area (Å²) in [4.78, 5) is 12.0. The number of amides is 1. The van der Waals surface area contributed by atoms with Crippen LogP contribution < -0.4 is 10.1 Å². The topological polar surface area (TPSA) is 51.5 Å². The summed E-state index contributed by atoms with van der Waals surface area (Å²) in [7, 11) is 1.62.